The standard InChI is InChI=1S/C9H12IN3O3S/c1-2-16-9(15)6(4-17)12-8(14)7-5(10)3-11-13-7/h3,6,17H,2,4H2,1H3,(H,11,13)(H,12,14)/t6-/m0/s1. The number of aromatic nitrogens is 2. The number of ether oxygens (including phenoxy) is 1. The summed E-state index contributed by atoms with van der Waals surface area (Å²) in [4.78, 5) is 23.2. The lowest BCUT2D eigenvalue weighted by molar-refractivity contribution is -0.144. The molecule has 0 radical (unpaired) electrons. The van der Waals surface area contributed by atoms with Crippen molar-refractivity contribution < 1.29 is 14.3 Å². The summed E-state index contributed by atoms with van der Waals surface area (Å²) in [7, 11) is 0. The third kappa shape index (κ3) is 3.87. The van der Waals surface area contributed by atoms with Crippen molar-refractivity contribution in [1.82, 2.24) is 15.5 Å². The highest BCUT2D eigenvalue weighted by atomic mass is 127. The van der Waals surface area contributed by atoms with Gasteiger partial charge >= 0.3 is 5.97 Å². The van der Waals surface area contributed by atoms with Gasteiger partial charge in [0.1, 0.15) is 11.7 Å². The molecule has 0 aliphatic rings. The highest BCUT2D eigenvalue weighted by molar-refractivity contribution is 14.1. The maximum absolute atomic E-state index is 11.8. The molecule has 0 aromatic carbocycles. The Morgan fingerprint density at radius 1 is 1.71 bits per heavy atom. The number of H-pyrrole nitrogens is 1. The molecule has 0 spiro atoms. The van der Waals surface area contributed by atoms with Crippen LogP contribution in [0.25, 0.3) is 0 Å². The molecular weight excluding hydrogens is 357 g/mol. The summed E-state index contributed by atoms with van der Waals surface area (Å²) in [5.74, 6) is -0.723. The number of nitrogens with zero attached hydrogens (tertiary/aromatic N) is 1. The number of halogens is 1. The van der Waals surface area contributed by atoms with Gasteiger partial charge in [-0.3, -0.25) is 9.89 Å². The number of aromatic amines is 1. The number of rotatable bonds is 5. The van der Waals surface area contributed by atoms with E-state index >= 15 is 0 Å². The van der Waals surface area contributed by atoms with Crippen molar-refractivity contribution >= 4 is 47.1 Å². The van der Waals surface area contributed by atoms with E-state index in [-0.39, 0.29) is 12.4 Å². The van der Waals surface area contributed by atoms with Crippen molar-refractivity contribution in [3.05, 3.63) is 15.5 Å². The van der Waals surface area contributed by atoms with Crippen molar-refractivity contribution in [3.63, 3.8) is 0 Å². The molecule has 0 unspecified atom stereocenters. The molecule has 1 aromatic heterocycles. The summed E-state index contributed by atoms with van der Waals surface area (Å²) < 4.78 is 5.50. The predicted molar refractivity (Wildman–Crippen MR) is 73.0 cm³/mol. The van der Waals surface area contributed by atoms with Crippen molar-refractivity contribution in [2.75, 3.05) is 12.4 Å². The van der Waals surface area contributed by atoms with Gasteiger partial charge in [-0.15, -0.1) is 0 Å². The number of nitrogens with one attached hydrogen (secondary N) is 2. The number of amides is 1. The molecule has 94 valence electrons. The van der Waals surface area contributed by atoms with Crippen LogP contribution in [0.5, 0.6) is 0 Å². The lowest BCUT2D eigenvalue weighted by Crippen LogP contribution is -2.43. The Morgan fingerprint density at radius 3 is 2.88 bits per heavy atom. The molecular formula is C9H12IN3O3S. The molecule has 1 heterocycles. The molecule has 0 saturated heterocycles. The van der Waals surface area contributed by atoms with E-state index in [0.717, 1.165) is 0 Å². The number of thiol groups is 1. The first-order valence-corrected chi connectivity index (χ1v) is 6.58. The minimum absolute atomic E-state index is 0.176. The van der Waals surface area contributed by atoms with E-state index in [1.165, 1.54) is 6.20 Å². The highest BCUT2D eigenvalue weighted by Crippen LogP contribution is 2.08. The van der Waals surface area contributed by atoms with E-state index < -0.39 is 17.9 Å². The molecule has 1 aromatic rings. The fraction of sp³-hybridized carbons (Fsp3) is 0.444. The van der Waals surface area contributed by atoms with Crippen molar-refractivity contribution in [1.29, 1.82) is 0 Å². The zero-order chi connectivity index (χ0) is 12.8. The summed E-state index contributed by atoms with van der Waals surface area (Å²) in [5, 5.41) is 8.82. The van der Waals surface area contributed by atoms with E-state index in [1.54, 1.807) is 6.92 Å². The first-order valence-electron chi connectivity index (χ1n) is 4.87. The second kappa shape index (κ2) is 6.84. The first kappa shape index (κ1) is 14.3. The molecule has 1 atom stereocenters. The van der Waals surface area contributed by atoms with Crippen molar-refractivity contribution in [2.24, 2.45) is 0 Å². The van der Waals surface area contributed by atoms with Gasteiger partial charge in [-0.05, 0) is 29.5 Å². The van der Waals surface area contributed by atoms with Gasteiger partial charge < -0.3 is 10.1 Å². The SMILES string of the molecule is CCOC(=O)[C@H](CS)NC(=O)c1[nH]ncc1I. The molecule has 2 N–H and O–H groups in total. The topological polar surface area (TPSA) is 84.1 Å². The summed E-state index contributed by atoms with van der Waals surface area (Å²) in [5.41, 5.74) is 0.321. The Hall–Kier alpha value is -0.770. The molecule has 0 saturated carbocycles. The summed E-state index contributed by atoms with van der Waals surface area (Å²) in [6.45, 7) is 1.97. The maximum Gasteiger partial charge on any atom is 0.329 e. The Kier molecular flexibility index (Phi) is 5.75. The normalized spacial score (nSPS) is 11.9. The summed E-state index contributed by atoms with van der Waals surface area (Å²) in [6, 6.07) is -0.759. The molecule has 0 fully saturated rings. The van der Waals surface area contributed by atoms with Gasteiger partial charge in [0.2, 0.25) is 0 Å². The zero-order valence-electron chi connectivity index (χ0n) is 9.07. The van der Waals surface area contributed by atoms with E-state index in [2.05, 4.69) is 28.1 Å². The monoisotopic (exact) mass is 369 g/mol. The van der Waals surface area contributed by atoms with Gasteiger partial charge in [0.25, 0.3) is 5.91 Å². The van der Waals surface area contributed by atoms with Crippen molar-refractivity contribution in [3.8, 4) is 0 Å². The number of hydrogen-bond donors (Lipinski definition) is 3. The molecule has 6 nitrogen and oxygen atoms in total. The van der Waals surface area contributed by atoms with Gasteiger partial charge in [0.05, 0.1) is 16.4 Å². The zero-order valence-corrected chi connectivity index (χ0v) is 12.1. The van der Waals surface area contributed by atoms with E-state index in [9.17, 15) is 9.59 Å². The molecule has 0 aliphatic heterocycles. The van der Waals surface area contributed by atoms with Gasteiger partial charge in [0.15, 0.2) is 0 Å². The minimum Gasteiger partial charge on any atom is -0.464 e. The summed E-state index contributed by atoms with van der Waals surface area (Å²) >= 11 is 5.98. The fourth-order valence-corrected chi connectivity index (χ4v) is 1.83. The highest BCUT2D eigenvalue weighted by Gasteiger charge is 2.22. The van der Waals surface area contributed by atoms with Gasteiger partial charge in [0, 0.05) is 5.75 Å². The Labute approximate surface area is 117 Å². The van der Waals surface area contributed by atoms with Crippen LogP contribution in [0.15, 0.2) is 6.20 Å². The Bertz CT molecular complexity index is 410. The number of carbonyl (C=O) groups excluding carboxylic acids is 2. The van der Waals surface area contributed by atoms with E-state index in [4.69, 9.17) is 4.74 Å². The molecule has 1 rings (SSSR count). The Balaban J connectivity index is 2.66. The van der Waals surface area contributed by atoms with Crippen LogP contribution in [0.2, 0.25) is 0 Å². The molecule has 1 amide bonds. The Morgan fingerprint density at radius 2 is 2.41 bits per heavy atom. The number of carbonyl (C=O) groups is 2. The smallest absolute Gasteiger partial charge is 0.329 e. The van der Waals surface area contributed by atoms with Crippen molar-refractivity contribution in [2.45, 2.75) is 13.0 Å². The average molecular weight is 369 g/mol. The van der Waals surface area contributed by atoms with Gasteiger partial charge in [-0.1, -0.05) is 0 Å². The third-order valence-corrected chi connectivity index (χ3v) is 3.06. The van der Waals surface area contributed by atoms with Gasteiger partial charge in [-0.2, -0.15) is 17.7 Å². The molecule has 0 bridgehead atoms. The minimum atomic E-state index is -0.759. The maximum atomic E-state index is 11.8. The quantitative estimate of drug-likeness (QED) is 0.403. The van der Waals surface area contributed by atoms with E-state index in [0.29, 0.717) is 9.26 Å². The number of hydrogen-bond acceptors (Lipinski definition) is 5. The van der Waals surface area contributed by atoms with Crippen LogP contribution in [-0.4, -0.2) is 40.5 Å². The van der Waals surface area contributed by atoms with Crippen LogP contribution in [0.1, 0.15) is 17.4 Å². The lowest BCUT2D eigenvalue weighted by Gasteiger charge is -2.14. The fourth-order valence-electron chi connectivity index (χ4n) is 1.08. The third-order valence-electron chi connectivity index (χ3n) is 1.88. The van der Waals surface area contributed by atoms with Crippen LogP contribution in [0.4, 0.5) is 0 Å². The second-order valence-electron chi connectivity index (χ2n) is 3.05. The molecule has 8 heteroatoms. The average Bonchev–Trinajstić information content (AvgIpc) is 2.72. The largest absolute Gasteiger partial charge is 0.464 e. The van der Waals surface area contributed by atoms with Gasteiger partial charge in [-0.25, -0.2) is 4.79 Å². The molecule has 0 aliphatic carbocycles. The molecule has 17 heavy (non-hydrogen) atoms. The second-order valence-corrected chi connectivity index (χ2v) is 4.58. The lowest BCUT2D eigenvalue weighted by atomic mass is 10.3. The van der Waals surface area contributed by atoms with E-state index in [1.807, 2.05) is 22.6 Å². The summed E-state index contributed by atoms with van der Waals surface area (Å²) in [6.07, 6.45) is 1.52. The van der Waals surface area contributed by atoms with Crippen LogP contribution in [-0.2, 0) is 9.53 Å². The first-order chi connectivity index (χ1) is 8.10. The predicted octanol–water partition coefficient (Wildman–Crippen LogP) is 0.606. The van der Waals surface area contributed by atoms with Crippen LogP contribution < -0.4 is 5.32 Å². The van der Waals surface area contributed by atoms with Crippen LogP contribution in [0, 0.1) is 3.57 Å². The van der Waals surface area contributed by atoms with Crippen LogP contribution >= 0.6 is 35.2 Å². The number of esters is 1. The van der Waals surface area contributed by atoms with Crippen LogP contribution in [0.3, 0.4) is 0 Å².